The van der Waals surface area contributed by atoms with Crippen LogP contribution in [0.25, 0.3) is 0 Å². The summed E-state index contributed by atoms with van der Waals surface area (Å²) in [6.07, 6.45) is 5.81. The molecule has 2 heterocycles. The Morgan fingerprint density at radius 3 is 2.67 bits per heavy atom. The minimum atomic E-state index is -0.266. The van der Waals surface area contributed by atoms with Crippen LogP contribution in [0.1, 0.15) is 24.2 Å². The van der Waals surface area contributed by atoms with E-state index in [2.05, 4.69) is 15.3 Å². The second kappa shape index (κ2) is 6.21. The van der Waals surface area contributed by atoms with E-state index in [9.17, 15) is 4.39 Å². The predicted molar refractivity (Wildman–Crippen MR) is 68.6 cm³/mol. The predicted octanol–water partition coefficient (Wildman–Crippen LogP) is 2.51. The van der Waals surface area contributed by atoms with Crippen LogP contribution in [0.15, 0.2) is 42.9 Å². The first-order chi connectivity index (χ1) is 8.81. The van der Waals surface area contributed by atoms with Crippen molar-refractivity contribution in [1.29, 1.82) is 0 Å². The summed E-state index contributed by atoms with van der Waals surface area (Å²) in [5.41, 5.74) is 1.58. The Balaban J connectivity index is 2.21. The van der Waals surface area contributed by atoms with Crippen LogP contribution in [0.5, 0.6) is 0 Å². The lowest BCUT2D eigenvalue weighted by molar-refractivity contribution is 0.494. The van der Waals surface area contributed by atoms with E-state index in [0.29, 0.717) is 12.1 Å². The third-order valence-electron chi connectivity index (χ3n) is 2.76. The van der Waals surface area contributed by atoms with Gasteiger partial charge in [0.2, 0.25) is 0 Å². The fourth-order valence-electron chi connectivity index (χ4n) is 1.92. The number of pyridine rings is 2. The highest BCUT2D eigenvalue weighted by molar-refractivity contribution is 5.18. The van der Waals surface area contributed by atoms with Crippen molar-refractivity contribution >= 4 is 0 Å². The van der Waals surface area contributed by atoms with Crippen LogP contribution >= 0.6 is 0 Å². The molecule has 0 aliphatic heterocycles. The maximum absolute atomic E-state index is 13.8. The molecule has 0 saturated carbocycles. The minimum Gasteiger partial charge on any atom is -0.309 e. The van der Waals surface area contributed by atoms with E-state index in [0.717, 1.165) is 12.1 Å². The van der Waals surface area contributed by atoms with Gasteiger partial charge in [0.25, 0.3) is 0 Å². The fourth-order valence-corrected chi connectivity index (χ4v) is 1.92. The molecule has 0 radical (unpaired) electrons. The Kier molecular flexibility index (Phi) is 4.36. The summed E-state index contributed by atoms with van der Waals surface area (Å²) in [6.45, 7) is 2.77. The molecule has 18 heavy (non-hydrogen) atoms. The zero-order valence-electron chi connectivity index (χ0n) is 10.3. The highest BCUT2D eigenvalue weighted by Gasteiger charge is 2.16. The van der Waals surface area contributed by atoms with E-state index in [-0.39, 0.29) is 11.9 Å². The number of nitrogens with zero attached hydrogens (tertiary/aromatic N) is 2. The molecule has 0 amide bonds. The van der Waals surface area contributed by atoms with Gasteiger partial charge in [0.1, 0.15) is 5.82 Å². The molecule has 0 spiro atoms. The second-order valence-corrected chi connectivity index (χ2v) is 4.04. The number of hydrogen-bond donors (Lipinski definition) is 1. The SMILES string of the molecule is CCNC(Cc1ccncc1)c1ncccc1F. The van der Waals surface area contributed by atoms with Crippen molar-refractivity contribution in [3.8, 4) is 0 Å². The first-order valence-corrected chi connectivity index (χ1v) is 6.04. The number of hydrogen-bond acceptors (Lipinski definition) is 3. The largest absolute Gasteiger partial charge is 0.309 e. The lowest BCUT2D eigenvalue weighted by Crippen LogP contribution is -2.25. The summed E-state index contributed by atoms with van der Waals surface area (Å²) in [5.74, 6) is -0.266. The molecule has 1 N–H and O–H groups in total. The Morgan fingerprint density at radius 1 is 1.22 bits per heavy atom. The van der Waals surface area contributed by atoms with Gasteiger partial charge < -0.3 is 5.32 Å². The van der Waals surface area contributed by atoms with Crippen molar-refractivity contribution in [1.82, 2.24) is 15.3 Å². The third-order valence-corrected chi connectivity index (χ3v) is 2.76. The summed E-state index contributed by atoms with van der Waals surface area (Å²) in [4.78, 5) is 8.12. The number of likely N-dealkylation sites (N-methyl/N-ethyl adjacent to an activating group) is 1. The molecule has 3 nitrogen and oxygen atoms in total. The first-order valence-electron chi connectivity index (χ1n) is 6.04. The normalized spacial score (nSPS) is 12.3. The molecule has 0 aliphatic carbocycles. The van der Waals surface area contributed by atoms with Gasteiger partial charge >= 0.3 is 0 Å². The van der Waals surface area contributed by atoms with Gasteiger partial charge in [-0.1, -0.05) is 6.92 Å². The van der Waals surface area contributed by atoms with E-state index in [4.69, 9.17) is 0 Å². The molecule has 0 aromatic carbocycles. The van der Waals surface area contributed by atoms with Gasteiger partial charge in [0, 0.05) is 18.6 Å². The van der Waals surface area contributed by atoms with Crippen LogP contribution in [0, 0.1) is 5.82 Å². The highest BCUT2D eigenvalue weighted by atomic mass is 19.1. The molecule has 2 aromatic heterocycles. The summed E-state index contributed by atoms with van der Waals surface area (Å²) in [6, 6.07) is 6.81. The molecule has 1 unspecified atom stereocenters. The second-order valence-electron chi connectivity index (χ2n) is 4.04. The number of halogens is 1. The van der Waals surface area contributed by atoms with Crippen LogP contribution in [0.3, 0.4) is 0 Å². The van der Waals surface area contributed by atoms with Gasteiger partial charge in [0.15, 0.2) is 0 Å². The molecule has 2 aromatic rings. The minimum absolute atomic E-state index is 0.112. The fraction of sp³-hybridized carbons (Fsp3) is 0.286. The molecular formula is C14H16FN3. The topological polar surface area (TPSA) is 37.8 Å². The summed E-state index contributed by atoms with van der Waals surface area (Å²) >= 11 is 0. The van der Waals surface area contributed by atoms with E-state index >= 15 is 0 Å². The van der Waals surface area contributed by atoms with Crippen LogP contribution in [0.4, 0.5) is 4.39 Å². The van der Waals surface area contributed by atoms with Crippen molar-refractivity contribution in [2.24, 2.45) is 0 Å². The third kappa shape index (κ3) is 3.11. The molecule has 94 valence electrons. The molecule has 1 atom stereocenters. The Hall–Kier alpha value is -1.81. The van der Waals surface area contributed by atoms with Gasteiger partial charge in [-0.25, -0.2) is 4.39 Å². The summed E-state index contributed by atoms with van der Waals surface area (Å²) < 4.78 is 13.8. The Labute approximate surface area is 106 Å². The van der Waals surface area contributed by atoms with Crippen molar-refractivity contribution < 1.29 is 4.39 Å². The smallest absolute Gasteiger partial charge is 0.146 e. The van der Waals surface area contributed by atoms with Gasteiger partial charge in [-0.15, -0.1) is 0 Å². The van der Waals surface area contributed by atoms with E-state index in [1.807, 2.05) is 19.1 Å². The van der Waals surface area contributed by atoms with Crippen molar-refractivity contribution in [3.63, 3.8) is 0 Å². The maximum Gasteiger partial charge on any atom is 0.146 e. The van der Waals surface area contributed by atoms with E-state index in [1.54, 1.807) is 24.7 Å². The van der Waals surface area contributed by atoms with Gasteiger partial charge in [-0.05, 0) is 42.8 Å². The van der Waals surface area contributed by atoms with Crippen molar-refractivity contribution in [2.45, 2.75) is 19.4 Å². The standard InChI is InChI=1S/C14H16FN3/c1-2-17-13(10-11-5-8-16-9-6-11)14-12(15)4-3-7-18-14/h3-9,13,17H,2,10H2,1H3. The summed E-state index contributed by atoms with van der Waals surface area (Å²) in [7, 11) is 0. The molecule has 0 aliphatic rings. The van der Waals surface area contributed by atoms with Crippen LogP contribution < -0.4 is 5.32 Å². The van der Waals surface area contributed by atoms with Crippen LogP contribution in [0.2, 0.25) is 0 Å². The van der Waals surface area contributed by atoms with Crippen LogP contribution in [-0.2, 0) is 6.42 Å². The Bertz CT molecular complexity index is 487. The van der Waals surface area contributed by atoms with Crippen molar-refractivity contribution in [2.75, 3.05) is 6.54 Å². The van der Waals surface area contributed by atoms with Gasteiger partial charge in [-0.2, -0.15) is 0 Å². The first kappa shape index (κ1) is 12.6. The number of nitrogens with one attached hydrogen (secondary N) is 1. The molecule has 2 rings (SSSR count). The maximum atomic E-state index is 13.8. The van der Waals surface area contributed by atoms with Crippen molar-refractivity contribution in [3.05, 3.63) is 59.9 Å². The van der Waals surface area contributed by atoms with Gasteiger partial charge in [-0.3, -0.25) is 9.97 Å². The number of aromatic nitrogens is 2. The molecule has 4 heteroatoms. The summed E-state index contributed by atoms with van der Waals surface area (Å²) in [5, 5.41) is 3.27. The average Bonchev–Trinajstić information content (AvgIpc) is 2.40. The lowest BCUT2D eigenvalue weighted by Gasteiger charge is -2.17. The van der Waals surface area contributed by atoms with E-state index in [1.165, 1.54) is 6.07 Å². The molecular weight excluding hydrogens is 229 g/mol. The van der Waals surface area contributed by atoms with Gasteiger partial charge in [0.05, 0.1) is 11.7 Å². The molecule has 0 bridgehead atoms. The zero-order valence-corrected chi connectivity index (χ0v) is 10.3. The molecule has 0 fully saturated rings. The van der Waals surface area contributed by atoms with Crippen LogP contribution in [-0.4, -0.2) is 16.5 Å². The average molecular weight is 245 g/mol. The zero-order chi connectivity index (χ0) is 12.8. The highest BCUT2D eigenvalue weighted by Crippen LogP contribution is 2.18. The molecule has 0 saturated heterocycles. The van der Waals surface area contributed by atoms with E-state index < -0.39 is 0 Å². The Morgan fingerprint density at radius 2 is 2.00 bits per heavy atom. The number of rotatable bonds is 5. The quantitative estimate of drug-likeness (QED) is 0.879. The lowest BCUT2D eigenvalue weighted by atomic mass is 10.0. The monoisotopic (exact) mass is 245 g/mol.